The van der Waals surface area contributed by atoms with E-state index in [1.54, 1.807) is 6.33 Å². The lowest BCUT2D eigenvalue weighted by Gasteiger charge is -2.06. The number of hydrogen-bond acceptors (Lipinski definition) is 3. The van der Waals surface area contributed by atoms with Crippen molar-refractivity contribution < 1.29 is 0 Å². The molecule has 0 amide bonds. The summed E-state index contributed by atoms with van der Waals surface area (Å²) in [7, 11) is 0. The molecule has 1 aromatic carbocycles. The number of H-pyrrole nitrogens is 1. The minimum atomic E-state index is 0.697. The molecule has 4 nitrogen and oxygen atoms in total. The Bertz CT molecular complexity index is 505. The summed E-state index contributed by atoms with van der Waals surface area (Å²) in [4.78, 5) is 2.98. The van der Waals surface area contributed by atoms with E-state index in [-0.39, 0.29) is 0 Å². The van der Waals surface area contributed by atoms with Gasteiger partial charge >= 0.3 is 0 Å². The first-order valence-corrected chi connectivity index (χ1v) is 6.08. The van der Waals surface area contributed by atoms with Gasteiger partial charge in [-0.25, -0.2) is 0 Å². The van der Waals surface area contributed by atoms with Crippen molar-refractivity contribution in [3.8, 4) is 11.4 Å². The van der Waals surface area contributed by atoms with Crippen molar-refractivity contribution in [3.63, 3.8) is 0 Å². The molecule has 0 radical (unpaired) electrons. The van der Waals surface area contributed by atoms with Crippen LogP contribution in [0.15, 0.2) is 24.5 Å². The highest BCUT2D eigenvalue weighted by Crippen LogP contribution is 2.23. The highest BCUT2D eigenvalue weighted by atomic mass is 35.5. The number of nitrogens with one attached hydrogen (secondary N) is 2. The van der Waals surface area contributed by atoms with Crippen LogP contribution in [0.1, 0.15) is 18.4 Å². The number of benzene rings is 1. The number of rotatable bonds is 4. The number of nitrogens with zero attached hydrogens (tertiary/aromatic N) is 2. The van der Waals surface area contributed by atoms with E-state index >= 15 is 0 Å². The maximum absolute atomic E-state index is 6.11. The molecule has 2 N–H and O–H groups in total. The Morgan fingerprint density at radius 2 is 2.24 bits per heavy atom. The average molecular weight is 249 g/mol. The van der Waals surface area contributed by atoms with Crippen LogP contribution in [-0.4, -0.2) is 21.2 Å². The van der Waals surface area contributed by atoms with Crippen LogP contribution in [0.4, 0.5) is 0 Å². The first-order valence-electron chi connectivity index (χ1n) is 5.70. The van der Waals surface area contributed by atoms with Crippen molar-refractivity contribution in [1.29, 1.82) is 0 Å². The third-order valence-electron chi connectivity index (χ3n) is 2.82. The molecule has 1 aliphatic carbocycles. The summed E-state index contributed by atoms with van der Waals surface area (Å²) in [5, 5.41) is 12.0. The lowest BCUT2D eigenvalue weighted by molar-refractivity contribution is 0.688. The quantitative estimate of drug-likeness (QED) is 0.874. The normalized spacial score (nSPS) is 15.1. The molecule has 0 unspecified atom stereocenters. The zero-order valence-corrected chi connectivity index (χ0v) is 10.0. The van der Waals surface area contributed by atoms with Crippen molar-refractivity contribution in [2.45, 2.75) is 25.4 Å². The van der Waals surface area contributed by atoms with E-state index in [2.05, 4.69) is 26.6 Å². The second kappa shape index (κ2) is 4.47. The minimum absolute atomic E-state index is 0.697. The summed E-state index contributed by atoms with van der Waals surface area (Å²) in [5.74, 6) is 0.750. The lowest BCUT2D eigenvalue weighted by Crippen LogP contribution is -2.15. The Morgan fingerprint density at radius 3 is 2.94 bits per heavy atom. The average Bonchev–Trinajstić information content (AvgIpc) is 2.98. The van der Waals surface area contributed by atoms with Gasteiger partial charge in [-0.15, -0.1) is 10.2 Å². The van der Waals surface area contributed by atoms with Gasteiger partial charge < -0.3 is 10.3 Å². The van der Waals surface area contributed by atoms with E-state index < -0.39 is 0 Å². The van der Waals surface area contributed by atoms with Crippen LogP contribution in [0.2, 0.25) is 5.02 Å². The van der Waals surface area contributed by atoms with E-state index in [1.807, 2.05) is 12.1 Å². The Hall–Kier alpha value is -1.39. The van der Waals surface area contributed by atoms with Crippen molar-refractivity contribution >= 4 is 11.6 Å². The van der Waals surface area contributed by atoms with Crippen LogP contribution in [0.3, 0.4) is 0 Å². The Kier molecular flexibility index (Phi) is 2.82. The molecule has 2 aromatic rings. The number of halogens is 1. The van der Waals surface area contributed by atoms with Crippen LogP contribution in [0.25, 0.3) is 11.4 Å². The third-order valence-corrected chi connectivity index (χ3v) is 3.04. The molecule has 17 heavy (non-hydrogen) atoms. The summed E-state index contributed by atoms with van der Waals surface area (Å²) in [6.07, 6.45) is 4.14. The summed E-state index contributed by atoms with van der Waals surface area (Å²) >= 11 is 6.11. The molecule has 0 spiro atoms. The van der Waals surface area contributed by atoms with Crippen molar-refractivity contribution in [2.24, 2.45) is 0 Å². The molecule has 5 heteroatoms. The summed E-state index contributed by atoms with van der Waals surface area (Å²) in [6.45, 7) is 0.854. The summed E-state index contributed by atoms with van der Waals surface area (Å²) in [5.41, 5.74) is 2.15. The second-order valence-corrected chi connectivity index (χ2v) is 4.78. The first kappa shape index (κ1) is 10.7. The van der Waals surface area contributed by atoms with Crippen molar-refractivity contribution in [1.82, 2.24) is 20.5 Å². The molecule has 0 saturated heterocycles. The fourth-order valence-electron chi connectivity index (χ4n) is 1.79. The number of aromatic nitrogens is 3. The zero-order chi connectivity index (χ0) is 11.7. The number of aromatic amines is 1. The monoisotopic (exact) mass is 248 g/mol. The zero-order valence-electron chi connectivity index (χ0n) is 9.28. The van der Waals surface area contributed by atoms with Crippen molar-refractivity contribution in [2.75, 3.05) is 0 Å². The topological polar surface area (TPSA) is 53.6 Å². The third kappa shape index (κ3) is 2.65. The van der Waals surface area contributed by atoms with Gasteiger partial charge in [0.05, 0.1) is 0 Å². The van der Waals surface area contributed by atoms with E-state index in [0.717, 1.165) is 23.0 Å². The molecule has 1 aromatic heterocycles. The first-order chi connectivity index (χ1) is 8.31. The van der Waals surface area contributed by atoms with Gasteiger partial charge in [-0.2, -0.15) is 0 Å². The van der Waals surface area contributed by atoms with E-state index in [1.165, 1.54) is 18.4 Å². The van der Waals surface area contributed by atoms with E-state index in [4.69, 9.17) is 11.6 Å². The lowest BCUT2D eigenvalue weighted by atomic mass is 10.1. The van der Waals surface area contributed by atoms with Crippen LogP contribution >= 0.6 is 11.6 Å². The summed E-state index contributed by atoms with van der Waals surface area (Å²) < 4.78 is 0. The van der Waals surface area contributed by atoms with E-state index in [0.29, 0.717) is 6.04 Å². The molecule has 0 bridgehead atoms. The Morgan fingerprint density at radius 1 is 1.35 bits per heavy atom. The molecule has 88 valence electrons. The molecule has 1 aliphatic rings. The van der Waals surface area contributed by atoms with Crippen LogP contribution in [0, 0.1) is 0 Å². The molecule has 1 heterocycles. The van der Waals surface area contributed by atoms with Crippen LogP contribution in [-0.2, 0) is 6.54 Å². The highest BCUT2D eigenvalue weighted by Gasteiger charge is 2.20. The predicted octanol–water partition coefficient (Wildman–Crippen LogP) is 2.38. The summed E-state index contributed by atoms with van der Waals surface area (Å²) in [6, 6.07) is 6.66. The molecular weight excluding hydrogens is 236 g/mol. The standard InChI is InChI=1S/C12H13ClN4/c13-10-4-8(6-14-11-1-2-11)3-9(5-10)12-15-7-16-17-12/h3-5,7,11,14H,1-2,6H2,(H,15,16,17). The van der Waals surface area contributed by atoms with E-state index in [9.17, 15) is 0 Å². The molecular formula is C12H13ClN4. The maximum atomic E-state index is 6.11. The van der Waals surface area contributed by atoms with Crippen LogP contribution < -0.4 is 5.32 Å². The molecule has 1 fully saturated rings. The van der Waals surface area contributed by atoms with Gasteiger partial charge in [-0.05, 0) is 36.6 Å². The van der Waals surface area contributed by atoms with Gasteiger partial charge in [-0.3, -0.25) is 0 Å². The van der Waals surface area contributed by atoms with Crippen molar-refractivity contribution in [3.05, 3.63) is 35.1 Å². The Labute approximate surface area is 104 Å². The SMILES string of the molecule is Clc1cc(CNC2CC2)cc(-c2nnc[nH]2)c1. The van der Waals surface area contributed by atoms with Gasteiger partial charge in [0.25, 0.3) is 0 Å². The van der Waals surface area contributed by atoms with Gasteiger partial charge in [0, 0.05) is 23.2 Å². The molecule has 0 aliphatic heterocycles. The van der Waals surface area contributed by atoms with Gasteiger partial charge in [0.15, 0.2) is 5.82 Å². The van der Waals surface area contributed by atoms with Gasteiger partial charge in [-0.1, -0.05) is 11.6 Å². The Balaban J connectivity index is 1.83. The number of hydrogen-bond donors (Lipinski definition) is 2. The maximum Gasteiger partial charge on any atom is 0.161 e. The van der Waals surface area contributed by atoms with Gasteiger partial charge in [0.1, 0.15) is 6.33 Å². The molecule has 0 atom stereocenters. The van der Waals surface area contributed by atoms with Gasteiger partial charge in [0.2, 0.25) is 0 Å². The smallest absolute Gasteiger partial charge is 0.161 e. The fraction of sp³-hybridized carbons (Fsp3) is 0.333. The predicted molar refractivity (Wildman–Crippen MR) is 66.7 cm³/mol. The fourth-order valence-corrected chi connectivity index (χ4v) is 2.04. The molecule has 1 saturated carbocycles. The minimum Gasteiger partial charge on any atom is -0.328 e. The second-order valence-electron chi connectivity index (χ2n) is 4.34. The highest BCUT2D eigenvalue weighted by molar-refractivity contribution is 6.30. The molecule has 3 rings (SSSR count). The van der Waals surface area contributed by atoms with Crippen LogP contribution in [0.5, 0.6) is 0 Å². The largest absolute Gasteiger partial charge is 0.328 e.